The summed E-state index contributed by atoms with van der Waals surface area (Å²) in [6.07, 6.45) is 1.51. The zero-order chi connectivity index (χ0) is 19.5. The Hall–Kier alpha value is -3.48. The molecule has 4 rings (SSSR count). The lowest BCUT2D eigenvalue weighted by Gasteiger charge is -2.17. The zero-order valence-corrected chi connectivity index (χ0v) is 15.5. The van der Waals surface area contributed by atoms with Gasteiger partial charge in [-0.25, -0.2) is 0 Å². The summed E-state index contributed by atoms with van der Waals surface area (Å²) in [5.74, 6) is 0.647. The molecule has 1 aliphatic rings. The number of hydrogen-bond acceptors (Lipinski definition) is 5. The van der Waals surface area contributed by atoms with E-state index < -0.39 is 0 Å². The number of nitrogens with zero attached hydrogens (tertiary/aromatic N) is 3. The summed E-state index contributed by atoms with van der Waals surface area (Å²) in [5, 5.41) is 6.62. The lowest BCUT2D eigenvalue weighted by molar-refractivity contribution is -0.117. The number of rotatable bonds is 5. The van der Waals surface area contributed by atoms with Gasteiger partial charge in [-0.15, -0.1) is 0 Å². The minimum atomic E-state index is -0.297. The molecule has 0 radical (unpaired) electrons. The molecule has 7 heteroatoms. The number of aromatic nitrogens is 2. The first-order chi connectivity index (χ1) is 13.7. The molecule has 0 unspecified atom stereocenters. The van der Waals surface area contributed by atoms with Crippen molar-refractivity contribution in [1.29, 1.82) is 0 Å². The van der Waals surface area contributed by atoms with E-state index in [1.807, 2.05) is 31.2 Å². The van der Waals surface area contributed by atoms with Crippen LogP contribution in [0.15, 0.2) is 53.1 Å². The van der Waals surface area contributed by atoms with Gasteiger partial charge in [-0.2, -0.15) is 4.98 Å². The van der Waals surface area contributed by atoms with Gasteiger partial charge in [-0.05, 0) is 30.2 Å². The fourth-order valence-corrected chi connectivity index (χ4v) is 3.24. The molecule has 1 aliphatic heterocycles. The number of hydrogen-bond donors (Lipinski definition) is 1. The highest BCUT2D eigenvalue weighted by Crippen LogP contribution is 2.27. The van der Waals surface area contributed by atoms with Crippen LogP contribution in [0.1, 0.15) is 28.7 Å². The van der Waals surface area contributed by atoms with E-state index in [4.69, 9.17) is 4.52 Å². The van der Waals surface area contributed by atoms with Gasteiger partial charge in [0, 0.05) is 29.8 Å². The van der Waals surface area contributed by atoms with Crippen LogP contribution in [-0.4, -0.2) is 35.0 Å². The quantitative estimate of drug-likeness (QED) is 0.739. The average molecular weight is 376 g/mol. The molecule has 0 fully saturated rings. The van der Waals surface area contributed by atoms with E-state index in [1.54, 1.807) is 29.2 Å². The normalized spacial score (nSPS) is 12.7. The van der Waals surface area contributed by atoms with Crippen LogP contribution in [0.5, 0.6) is 0 Å². The molecule has 1 N–H and O–H groups in total. The third kappa shape index (κ3) is 3.51. The fraction of sp³-hybridized carbons (Fsp3) is 0.238. The number of benzene rings is 2. The molecule has 28 heavy (non-hydrogen) atoms. The van der Waals surface area contributed by atoms with E-state index in [1.165, 1.54) is 0 Å². The topological polar surface area (TPSA) is 88.3 Å². The van der Waals surface area contributed by atoms with Gasteiger partial charge in [0.25, 0.3) is 5.91 Å². The highest BCUT2D eigenvalue weighted by Gasteiger charge is 2.24. The van der Waals surface area contributed by atoms with Gasteiger partial charge in [-0.3, -0.25) is 9.59 Å². The van der Waals surface area contributed by atoms with Crippen LogP contribution in [-0.2, 0) is 17.6 Å². The Labute approximate surface area is 162 Å². The first-order valence-corrected chi connectivity index (χ1v) is 9.25. The highest BCUT2D eigenvalue weighted by molar-refractivity contribution is 6.01. The smallest absolute Gasteiger partial charge is 0.251 e. The van der Waals surface area contributed by atoms with Gasteiger partial charge in [0.05, 0.1) is 6.54 Å². The summed E-state index contributed by atoms with van der Waals surface area (Å²) in [4.78, 5) is 30.9. The second-order valence-corrected chi connectivity index (χ2v) is 6.55. The average Bonchev–Trinajstić information content (AvgIpc) is 3.39. The lowest BCUT2D eigenvalue weighted by Crippen LogP contribution is -2.39. The monoisotopic (exact) mass is 376 g/mol. The standard InChI is InChI=1S/C21H20N4O3/c1-2-18-23-20(24-28-18)15-7-9-16(10-8-15)21(27)22-13-19(26)25-12-11-14-5-3-4-6-17(14)25/h3-10H,2,11-13H2,1H3,(H,22,27). The second-order valence-electron chi connectivity index (χ2n) is 6.55. The molecule has 0 saturated carbocycles. The van der Waals surface area contributed by atoms with E-state index in [0.29, 0.717) is 30.2 Å². The van der Waals surface area contributed by atoms with Gasteiger partial charge in [-0.1, -0.05) is 42.4 Å². The molecule has 7 nitrogen and oxygen atoms in total. The third-order valence-electron chi connectivity index (χ3n) is 4.76. The van der Waals surface area contributed by atoms with Crippen molar-refractivity contribution in [1.82, 2.24) is 15.5 Å². The SMILES string of the molecule is CCc1nc(-c2ccc(C(=O)NCC(=O)N3CCc4ccccc43)cc2)no1. The number of carbonyl (C=O) groups excluding carboxylic acids is 2. The molecule has 0 bridgehead atoms. The maximum absolute atomic E-state index is 12.5. The largest absolute Gasteiger partial charge is 0.343 e. The fourth-order valence-electron chi connectivity index (χ4n) is 3.24. The van der Waals surface area contributed by atoms with E-state index in [-0.39, 0.29) is 18.4 Å². The maximum atomic E-state index is 12.5. The molecule has 2 aromatic carbocycles. The first-order valence-electron chi connectivity index (χ1n) is 9.25. The zero-order valence-electron chi connectivity index (χ0n) is 15.5. The van der Waals surface area contributed by atoms with Crippen molar-refractivity contribution in [2.75, 3.05) is 18.0 Å². The van der Waals surface area contributed by atoms with E-state index >= 15 is 0 Å². The third-order valence-corrected chi connectivity index (χ3v) is 4.76. The minimum Gasteiger partial charge on any atom is -0.343 e. The van der Waals surface area contributed by atoms with Crippen LogP contribution in [0.3, 0.4) is 0 Å². The van der Waals surface area contributed by atoms with Crippen LogP contribution in [0.2, 0.25) is 0 Å². The lowest BCUT2D eigenvalue weighted by atomic mass is 10.1. The van der Waals surface area contributed by atoms with Crippen LogP contribution < -0.4 is 10.2 Å². The summed E-state index contributed by atoms with van der Waals surface area (Å²) in [6, 6.07) is 14.7. The Bertz CT molecular complexity index is 1010. The number of carbonyl (C=O) groups is 2. The number of nitrogens with one attached hydrogen (secondary N) is 1. The van der Waals surface area contributed by atoms with Crippen molar-refractivity contribution in [3.05, 3.63) is 65.5 Å². The number of para-hydroxylation sites is 1. The molecule has 3 aromatic rings. The molecular weight excluding hydrogens is 356 g/mol. The molecule has 0 aliphatic carbocycles. The Morgan fingerprint density at radius 1 is 1.14 bits per heavy atom. The number of aryl methyl sites for hydroxylation is 1. The molecule has 0 saturated heterocycles. The molecular formula is C21H20N4O3. The van der Waals surface area contributed by atoms with Gasteiger partial charge in [0.2, 0.25) is 17.6 Å². The van der Waals surface area contributed by atoms with E-state index in [0.717, 1.165) is 23.2 Å². The van der Waals surface area contributed by atoms with Crippen LogP contribution in [0.25, 0.3) is 11.4 Å². The molecule has 0 spiro atoms. The van der Waals surface area contributed by atoms with E-state index in [2.05, 4.69) is 15.5 Å². The van der Waals surface area contributed by atoms with Crippen molar-refractivity contribution in [2.24, 2.45) is 0 Å². The summed E-state index contributed by atoms with van der Waals surface area (Å²) in [5.41, 5.74) is 3.32. The van der Waals surface area contributed by atoms with Crippen LogP contribution >= 0.6 is 0 Å². The van der Waals surface area contributed by atoms with Crippen LogP contribution in [0, 0.1) is 0 Å². The first kappa shape index (κ1) is 17.9. The Balaban J connectivity index is 1.37. The van der Waals surface area contributed by atoms with Crippen LogP contribution in [0.4, 0.5) is 5.69 Å². The minimum absolute atomic E-state index is 0.0420. The molecule has 2 heterocycles. The van der Waals surface area contributed by atoms with Gasteiger partial charge < -0.3 is 14.7 Å². The summed E-state index contributed by atoms with van der Waals surface area (Å²) in [6.45, 7) is 2.54. The second kappa shape index (κ2) is 7.64. The van der Waals surface area contributed by atoms with Gasteiger partial charge >= 0.3 is 0 Å². The molecule has 0 atom stereocenters. The number of amides is 2. The van der Waals surface area contributed by atoms with Crippen molar-refractivity contribution < 1.29 is 14.1 Å². The number of fused-ring (bicyclic) bond motifs is 1. The summed E-state index contributed by atoms with van der Waals surface area (Å²) in [7, 11) is 0. The van der Waals surface area contributed by atoms with Crippen molar-refractivity contribution in [2.45, 2.75) is 19.8 Å². The Kier molecular flexibility index (Phi) is 4.89. The Morgan fingerprint density at radius 2 is 1.93 bits per heavy atom. The van der Waals surface area contributed by atoms with Crippen molar-refractivity contribution in [3.8, 4) is 11.4 Å². The Morgan fingerprint density at radius 3 is 2.68 bits per heavy atom. The summed E-state index contributed by atoms with van der Waals surface area (Å²) >= 11 is 0. The predicted molar refractivity (Wildman–Crippen MR) is 104 cm³/mol. The molecule has 142 valence electrons. The number of anilines is 1. The van der Waals surface area contributed by atoms with Crippen molar-refractivity contribution in [3.63, 3.8) is 0 Å². The van der Waals surface area contributed by atoms with Crippen molar-refractivity contribution >= 4 is 17.5 Å². The van der Waals surface area contributed by atoms with Gasteiger partial charge in [0.15, 0.2) is 0 Å². The highest BCUT2D eigenvalue weighted by atomic mass is 16.5. The predicted octanol–water partition coefficient (Wildman–Crippen LogP) is 2.62. The molecule has 1 aromatic heterocycles. The summed E-state index contributed by atoms with van der Waals surface area (Å²) < 4.78 is 5.10. The molecule has 2 amide bonds. The van der Waals surface area contributed by atoms with E-state index in [9.17, 15) is 9.59 Å². The maximum Gasteiger partial charge on any atom is 0.251 e. The van der Waals surface area contributed by atoms with Gasteiger partial charge in [0.1, 0.15) is 0 Å².